The number of benzene rings is 2. The molecule has 4 nitrogen and oxygen atoms in total. The number of hydrogen-bond acceptors (Lipinski definition) is 3. The predicted octanol–water partition coefficient (Wildman–Crippen LogP) is 5.29. The first kappa shape index (κ1) is 20.7. The number of carbonyl (C=O) groups excluding carboxylic acids is 1. The molecule has 0 N–H and O–H groups in total. The molecule has 2 aromatic carbocycles. The Hall–Kier alpha value is -2.54. The molecule has 0 saturated heterocycles. The third-order valence-electron chi connectivity index (χ3n) is 5.23. The van der Waals surface area contributed by atoms with Gasteiger partial charge in [-0.2, -0.15) is 13.2 Å². The van der Waals surface area contributed by atoms with Crippen LogP contribution in [0, 0.1) is 5.92 Å². The van der Waals surface area contributed by atoms with Gasteiger partial charge in [0.05, 0.1) is 17.8 Å². The minimum atomic E-state index is -4.38. The second-order valence-electron chi connectivity index (χ2n) is 7.64. The molecule has 0 radical (unpaired) electrons. The van der Waals surface area contributed by atoms with Crippen molar-refractivity contribution in [1.29, 1.82) is 0 Å². The maximum Gasteiger partial charge on any atom is 0.416 e. The van der Waals surface area contributed by atoms with Gasteiger partial charge >= 0.3 is 6.18 Å². The predicted molar refractivity (Wildman–Crippen MR) is 107 cm³/mol. The number of oxime groups is 1. The summed E-state index contributed by atoms with van der Waals surface area (Å²) in [6, 6.07) is 12.3. The fraction of sp³-hybridized carbons (Fsp3) is 0.364. The van der Waals surface area contributed by atoms with Gasteiger partial charge in [-0.05, 0) is 36.6 Å². The molecular weight excluding hydrogens is 417 g/mol. The standard InChI is InChI=1S/C22H20ClF3N2O2/c23-19-4-2-1-3-18(19)20-11-17(30-27-20)13-28(21(29)15-7-8-15)12-14-5-9-16(10-6-14)22(24,25)26/h1-6,9-10,15,17H,7-8,11-13H2. The molecule has 0 aromatic heterocycles. The Morgan fingerprint density at radius 3 is 2.47 bits per heavy atom. The fourth-order valence-corrected chi connectivity index (χ4v) is 3.71. The van der Waals surface area contributed by atoms with Gasteiger partial charge in [-0.15, -0.1) is 0 Å². The Labute approximate surface area is 177 Å². The summed E-state index contributed by atoms with van der Waals surface area (Å²) < 4.78 is 38.4. The maximum atomic E-state index is 12.8. The summed E-state index contributed by atoms with van der Waals surface area (Å²) in [7, 11) is 0. The number of nitrogens with zero attached hydrogens (tertiary/aromatic N) is 2. The molecule has 1 unspecified atom stereocenters. The van der Waals surface area contributed by atoms with Gasteiger partial charge in [-0.1, -0.05) is 47.1 Å². The average molecular weight is 437 g/mol. The minimum absolute atomic E-state index is 0.00434. The lowest BCUT2D eigenvalue weighted by Crippen LogP contribution is -2.38. The molecule has 4 rings (SSSR count). The van der Waals surface area contributed by atoms with E-state index < -0.39 is 11.7 Å². The fourth-order valence-electron chi connectivity index (χ4n) is 3.47. The number of hydrogen-bond donors (Lipinski definition) is 0. The van der Waals surface area contributed by atoms with Crippen molar-refractivity contribution >= 4 is 23.2 Å². The summed E-state index contributed by atoms with van der Waals surface area (Å²) in [5.74, 6) is -0.00509. The van der Waals surface area contributed by atoms with Crippen molar-refractivity contribution in [3.63, 3.8) is 0 Å². The summed E-state index contributed by atoms with van der Waals surface area (Å²) in [5.41, 5.74) is 1.45. The summed E-state index contributed by atoms with van der Waals surface area (Å²) in [6.45, 7) is 0.544. The lowest BCUT2D eigenvalue weighted by molar-refractivity contribution is -0.138. The lowest BCUT2D eigenvalue weighted by atomic mass is 10.0. The molecule has 1 heterocycles. The van der Waals surface area contributed by atoms with E-state index in [2.05, 4.69) is 5.16 Å². The van der Waals surface area contributed by atoms with E-state index in [1.54, 1.807) is 11.0 Å². The topological polar surface area (TPSA) is 41.9 Å². The molecule has 0 bridgehead atoms. The molecule has 0 spiro atoms. The van der Waals surface area contributed by atoms with Crippen LogP contribution in [0.25, 0.3) is 0 Å². The van der Waals surface area contributed by atoms with Crippen molar-refractivity contribution in [3.05, 3.63) is 70.2 Å². The van der Waals surface area contributed by atoms with Gasteiger partial charge in [-0.25, -0.2) is 0 Å². The van der Waals surface area contributed by atoms with Crippen molar-refractivity contribution in [2.45, 2.75) is 38.1 Å². The lowest BCUT2D eigenvalue weighted by Gasteiger charge is -2.25. The Bertz CT molecular complexity index is 956. The number of alkyl halides is 3. The second-order valence-corrected chi connectivity index (χ2v) is 8.04. The van der Waals surface area contributed by atoms with Crippen molar-refractivity contribution < 1.29 is 22.8 Å². The van der Waals surface area contributed by atoms with Gasteiger partial charge in [0, 0.05) is 29.5 Å². The zero-order valence-corrected chi connectivity index (χ0v) is 16.8. The molecule has 2 aromatic rings. The zero-order valence-electron chi connectivity index (χ0n) is 16.0. The van der Waals surface area contributed by atoms with E-state index in [9.17, 15) is 18.0 Å². The smallest absolute Gasteiger partial charge is 0.390 e. The molecule has 1 amide bonds. The van der Waals surface area contributed by atoms with Crippen molar-refractivity contribution in [2.24, 2.45) is 11.1 Å². The first-order valence-electron chi connectivity index (χ1n) is 9.74. The van der Waals surface area contributed by atoms with Crippen LogP contribution in [-0.4, -0.2) is 29.2 Å². The number of rotatable bonds is 6. The van der Waals surface area contributed by atoms with E-state index in [1.165, 1.54) is 12.1 Å². The monoisotopic (exact) mass is 436 g/mol. The van der Waals surface area contributed by atoms with E-state index in [-0.39, 0.29) is 24.5 Å². The Morgan fingerprint density at radius 2 is 1.83 bits per heavy atom. The highest BCUT2D eigenvalue weighted by Gasteiger charge is 2.36. The molecule has 1 atom stereocenters. The Kier molecular flexibility index (Phi) is 5.73. The van der Waals surface area contributed by atoms with Crippen LogP contribution in [0.3, 0.4) is 0 Å². The Balaban J connectivity index is 1.44. The van der Waals surface area contributed by atoms with E-state index in [4.69, 9.17) is 16.4 Å². The largest absolute Gasteiger partial charge is 0.416 e. The van der Waals surface area contributed by atoms with Crippen LogP contribution in [-0.2, 0) is 22.4 Å². The van der Waals surface area contributed by atoms with Gasteiger partial charge in [0.2, 0.25) is 5.91 Å². The molecule has 1 aliphatic heterocycles. The maximum absolute atomic E-state index is 12.8. The SMILES string of the molecule is O=C(C1CC1)N(Cc1ccc(C(F)(F)F)cc1)CC1CC(c2ccccc2Cl)=NO1. The zero-order chi connectivity index (χ0) is 21.3. The molecular formula is C22H20ClF3N2O2. The molecule has 2 aliphatic rings. The number of carbonyl (C=O) groups is 1. The van der Waals surface area contributed by atoms with E-state index in [0.717, 1.165) is 36.2 Å². The van der Waals surface area contributed by atoms with Gasteiger partial charge in [0.15, 0.2) is 6.10 Å². The number of halogens is 4. The summed E-state index contributed by atoms with van der Waals surface area (Å²) in [4.78, 5) is 20.0. The van der Waals surface area contributed by atoms with E-state index in [1.807, 2.05) is 18.2 Å². The minimum Gasteiger partial charge on any atom is -0.390 e. The quantitative estimate of drug-likeness (QED) is 0.617. The van der Waals surface area contributed by atoms with Gasteiger partial charge in [0.1, 0.15) is 0 Å². The second kappa shape index (κ2) is 8.30. The van der Waals surface area contributed by atoms with Gasteiger partial charge in [0.25, 0.3) is 0 Å². The molecule has 1 fully saturated rings. The van der Waals surface area contributed by atoms with Gasteiger partial charge < -0.3 is 9.74 Å². The summed E-state index contributed by atoms with van der Waals surface area (Å²) >= 11 is 6.23. The number of amides is 1. The molecule has 1 aliphatic carbocycles. The van der Waals surface area contributed by atoms with E-state index in [0.29, 0.717) is 23.6 Å². The highest BCUT2D eigenvalue weighted by Crippen LogP contribution is 2.33. The molecule has 8 heteroatoms. The first-order chi connectivity index (χ1) is 14.3. The highest BCUT2D eigenvalue weighted by molar-refractivity contribution is 6.34. The average Bonchev–Trinajstić information content (AvgIpc) is 3.46. The third kappa shape index (κ3) is 4.78. The van der Waals surface area contributed by atoms with Crippen molar-refractivity contribution in [3.8, 4) is 0 Å². The molecule has 158 valence electrons. The van der Waals surface area contributed by atoms with Crippen LogP contribution in [0.4, 0.5) is 13.2 Å². The van der Waals surface area contributed by atoms with Gasteiger partial charge in [-0.3, -0.25) is 4.79 Å². The highest BCUT2D eigenvalue weighted by atomic mass is 35.5. The van der Waals surface area contributed by atoms with Crippen LogP contribution < -0.4 is 0 Å². The van der Waals surface area contributed by atoms with Crippen molar-refractivity contribution in [2.75, 3.05) is 6.54 Å². The van der Waals surface area contributed by atoms with Crippen LogP contribution in [0.15, 0.2) is 53.7 Å². The third-order valence-corrected chi connectivity index (χ3v) is 5.56. The van der Waals surface area contributed by atoms with E-state index >= 15 is 0 Å². The van der Waals surface area contributed by atoms with Crippen molar-refractivity contribution in [1.82, 2.24) is 4.90 Å². The van der Waals surface area contributed by atoms with Crippen LogP contribution in [0.2, 0.25) is 5.02 Å². The summed E-state index contributed by atoms with van der Waals surface area (Å²) in [6.07, 6.45) is -2.52. The first-order valence-corrected chi connectivity index (χ1v) is 10.1. The summed E-state index contributed by atoms with van der Waals surface area (Å²) in [5, 5.41) is 4.72. The van der Waals surface area contributed by atoms with Crippen LogP contribution in [0.5, 0.6) is 0 Å². The van der Waals surface area contributed by atoms with Crippen LogP contribution in [0.1, 0.15) is 36.0 Å². The molecule has 30 heavy (non-hydrogen) atoms. The normalized spacial score (nSPS) is 18.7. The molecule has 1 saturated carbocycles. The van der Waals surface area contributed by atoms with Crippen LogP contribution >= 0.6 is 11.6 Å². The Morgan fingerprint density at radius 1 is 1.13 bits per heavy atom.